The van der Waals surface area contributed by atoms with E-state index in [2.05, 4.69) is 62.7 Å². The summed E-state index contributed by atoms with van der Waals surface area (Å²) in [6.07, 6.45) is 7.77. The first kappa shape index (κ1) is 23.3. The van der Waals surface area contributed by atoms with Crippen LogP contribution in [0.1, 0.15) is 45.4 Å². The normalized spacial score (nSPS) is 23.4. The second kappa shape index (κ2) is 12.5. The van der Waals surface area contributed by atoms with Crippen LogP contribution >= 0.6 is 24.0 Å². The fraction of sp³-hybridized carbons (Fsp3) is 0.682. The van der Waals surface area contributed by atoms with Gasteiger partial charge in [-0.05, 0) is 64.3 Å². The molecule has 28 heavy (non-hydrogen) atoms. The van der Waals surface area contributed by atoms with Crippen molar-refractivity contribution in [3.8, 4) is 0 Å². The molecule has 2 unspecified atom stereocenters. The summed E-state index contributed by atoms with van der Waals surface area (Å²) in [5, 5.41) is 7.10. The molecule has 5 nitrogen and oxygen atoms in total. The van der Waals surface area contributed by atoms with Gasteiger partial charge in [0.25, 0.3) is 0 Å². The highest BCUT2D eigenvalue weighted by molar-refractivity contribution is 14.0. The maximum atomic E-state index is 4.41. The number of benzene rings is 1. The van der Waals surface area contributed by atoms with Crippen LogP contribution in [0.4, 0.5) is 5.69 Å². The number of likely N-dealkylation sites (tertiary alicyclic amines) is 1. The Labute approximate surface area is 188 Å². The largest absolute Gasteiger partial charge is 0.369 e. The molecule has 2 aliphatic heterocycles. The molecule has 0 aliphatic carbocycles. The summed E-state index contributed by atoms with van der Waals surface area (Å²) in [6.45, 7) is 8.05. The average Bonchev–Trinajstić information content (AvgIpc) is 3.17. The van der Waals surface area contributed by atoms with E-state index < -0.39 is 0 Å². The zero-order valence-corrected chi connectivity index (χ0v) is 19.9. The van der Waals surface area contributed by atoms with Gasteiger partial charge in [-0.15, -0.1) is 24.0 Å². The van der Waals surface area contributed by atoms with Crippen LogP contribution in [0.5, 0.6) is 0 Å². The van der Waals surface area contributed by atoms with Gasteiger partial charge in [-0.2, -0.15) is 0 Å². The predicted molar refractivity (Wildman–Crippen MR) is 131 cm³/mol. The molecular weight excluding hydrogens is 461 g/mol. The first-order chi connectivity index (χ1) is 13.3. The Balaban J connectivity index is 0.00000280. The topological polar surface area (TPSA) is 42.9 Å². The van der Waals surface area contributed by atoms with E-state index in [-0.39, 0.29) is 24.0 Å². The van der Waals surface area contributed by atoms with Crippen LogP contribution in [0.15, 0.2) is 35.3 Å². The van der Waals surface area contributed by atoms with Gasteiger partial charge in [0.15, 0.2) is 5.96 Å². The molecular formula is C22H38IN5. The van der Waals surface area contributed by atoms with E-state index in [9.17, 15) is 0 Å². The highest BCUT2D eigenvalue weighted by atomic mass is 127. The van der Waals surface area contributed by atoms with Crippen molar-refractivity contribution in [1.82, 2.24) is 15.5 Å². The van der Waals surface area contributed by atoms with Crippen molar-refractivity contribution in [1.29, 1.82) is 0 Å². The Hall–Kier alpha value is -1.02. The summed E-state index contributed by atoms with van der Waals surface area (Å²) < 4.78 is 0. The lowest BCUT2D eigenvalue weighted by molar-refractivity contribution is 0.158. The predicted octanol–water partition coefficient (Wildman–Crippen LogP) is 3.70. The van der Waals surface area contributed by atoms with E-state index in [4.69, 9.17) is 0 Å². The fourth-order valence-corrected chi connectivity index (χ4v) is 4.28. The molecule has 2 saturated heterocycles. The van der Waals surface area contributed by atoms with Crippen molar-refractivity contribution < 1.29 is 0 Å². The highest BCUT2D eigenvalue weighted by Gasteiger charge is 2.23. The lowest BCUT2D eigenvalue weighted by atomic mass is 10.0. The molecule has 6 heteroatoms. The van der Waals surface area contributed by atoms with Crippen LogP contribution in [-0.4, -0.2) is 62.7 Å². The molecule has 3 rings (SSSR count). The molecule has 0 spiro atoms. The number of hydrogen-bond acceptors (Lipinski definition) is 3. The lowest BCUT2D eigenvalue weighted by Crippen LogP contribution is -2.45. The number of halogens is 1. The Kier molecular flexibility index (Phi) is 10.4. The number of nitrogens with zero attached hydrogens (tertiary/aromatic N) is 3. The van der Waals surface area contributed by atoms with Gasteiger partial charge in [0.05, 0.1) is 0 Å². The summed E-state index contributed by atoms with van der Waals surface area (Å²) in [4.78, 5) is 9.52. The third kappa shape index (κ3) is 7.10. The number of piperidine rings is 1. The molecule has 1 aromatic carbocycles. The number of hydrogen-bond donors (Lipinski definition) is 2. The highest BCUT2D eigenvalue weighted by Crippen LogP contribution is 2.19. The Morgan fingerprint density at radius 2 is 1.93 bits per heavy atom. The molecule has 2 atom stereocenters. The van der Waals surface area contributed by atoms with Gasteiger partial charge >= 0.3 is 0 Å². The fourth-order valence-electron chi connectivity index (χ4n) is 4.28. The monoisotopic (exact) mass is 499 g/mol. The molecule has 0 aromatic heterocycles. The summed E-state index contributed by atoms with van der Waals surface area (Å²) in [5.74, 6) is 0.946. The van der Waals surface area contributed by atoms with E-state index >= 15 is 0 Å². The molecule has 0 bridgehead atoms. The van der Waals surface area contributed by atoms with E-state index in [1.54, 1.807) is 0 Å². The number of aliphatic imine (C=N–C) groups is 1. The summed E-state index contributed by atoms with van der Waals surface area (Å²) in [6, 6.07) is 11.9. The van der Waals surface area contributed by atoms with Gasteiger partial charge in [0, 0.05) is 44.5 Å². The number of nitrogens with one attached hydrogen (secondary N) is 2. The molecule has 2 fully saturated rings. The molecule has 2 aliphatic rings. The minimum atomic E-state index is 0. The van der Waals surface area contributed by atoms with E-state index in [1.165, 1.54) is 50.9 Å². The molecule has 0 radical (unpaired) electrons. The molecule has 1 aromatic rings. The third-order valence-electron chi connectivity index (χ3n) is 5.98. The first-order valence-electron chi connectivity index (χ1n) is 10.8. The first-order valence-corrected chi connectivity index (χ1v) is 10.8. The second-order valence-electron chi connectivity index (χ2n) is 8.00. The number of guanidine groups is 1. The van der Waals surface area contributed by atoms with Gasteiger partial charge in [-0.25, -0.2) is 0 Å². The summed E-state index contributed by atoms with van der Waals surface area (Å²) >= 11 is 0. The van der Waals surface area contributed by atoms with Crippen molar-refractivity contribution >= 4 is 35.6 Å². The van der Waals surface area contributed by atoms with Gasteiger partial charge in [-0.1, -0.05) is 24.6 Å². The maximum absolute atomic E-state index is 4.41. The van der Waals surface area contributed by atoms with Crippen molar-refractivity contribution in [3.05, 3.63) is 30.3 Å². The zero-order valence-electron chi connectivity index (χ0n) is 17.6. The average molecular weight is 499 g/mol. The van der Waals surface area contributed by atoms with Gasteiger partial charge in [-0.3, -0.25) is 4.99 Å². The van der Waals surface area contributed by atoms with E-state index in [0.29, 0.717) is 6.04 Å². The van der Waals surface area contributed by atoms with Crippen LogP contribution < -0.4 is 15.5 Å². The SMILES string of the molecule is CN=C(NCCCCN1CCCCC1C)NC1CCN(c2ccccc2)C1.I. The summed E-state index contributed by atoms with van der Waals surface area (Å²) in [5.41, 5.74) is 1.32. The van der Waals surface area contributed by atoms with Gasteiger partial charge in [0.2, 0.25) is 0 Å². The standard InChI is InChI=1S/C22H37N5.HI/c1-19-10-6-8-15-26(19)16-9-7-14-24-22(23-2)25-20-13-17-27(18-20)21-11-4-3-5-12-21;/h3-5,11-12,19-20H,6-10,13-18H2,1-2H3,(H2,23,24,25);1H. The van der Waals surface area contributed by atoms with Crippen LogP contribution in [0, 0.1) is 0 Å². The van der Waals surface area contributed by atoms with Crippen molar-refractivity contribution in [2.45, 2.75) is 57.5 Å². The van der Waals surface area contributed by atoms with Crippen molar-refractivity contribution in [2.24, 2.45) is 4.99 Å². The third-order valence-corrected chi connectivity index (χ3v) is 5.98. The minimum Gasteiger partial charge on any atom is -0.369 e. The second-order valence-corrected chi connectivity index (χ2v) is 8.00. The molecule has 158 valence electrons. The number of para-hydroxylation sites is 1. The molecule has 2 heterocycles. The summed E-state index contributed by atoms with van der Waals surface area (Å²) in [7, 11) is 1.87. The molecule has 0 saturated carbocycles. The van der Waals surface area contributed by atoms with Gasteiger partial charge < -0.3 is 20.4 Å². The maximum Gasteiger partial charge on any atom is 0.191 e. The zero-order chi connectivity index (χ0) is 18.9. The Morgan fingerprint density at radius 1 is 1.11 bits per heavy atom. The van der Waals surface area contributed by atoms with Crippen LogP contribution in [0.3, 0.4) is 0 Å². The van der Waals surface area contributed by atoms with Crippen molar-refractivity contribution in [2.75, 3.05) is 44.7 Å². The smallest absolute Gasteiger partial charge is 0.191 e. The quantitative estimate of drug-likeness (QED) is 0.260. The van der Waals surface area contributed by atoms with E-state index in [1.807, 2.05) is 7.05 Å². The molecule has 2 N–H and O–H groups in total. The molecule has 0 amide bonds. The van der Waals surface area contributed by atoms with Crippen LogP contribution in [-0.2, 0) is 0 Å². The number of anilines is 1. The Morgan fingerprint density at radius 3 is 2.68 bits per heavy atom. The lowest BCUT2D eigenvalue weighted by Gasteiger charge is -2.33. The van der Waals surface area contributed by atoms with E-state index in [0.717, 1.165) is 38.1 Å². The number of unbranched alkanes of at least 4 members (excludes halogenated alkanes) is 1. The van der Waals surface area contributed by atoms with Crippen LogP contribution in [0.25, 0.3) is 0 Å². The van der Waals surface area contributed by atoms with Crippen molar-refractivity contribution in [3.63, 3.8) is 0 Å². The minimum absolute atomic E-state index is 0. The number of rotatable bonds is 7. The van der Waals surface area contributed by atoms with Gasteiger partial charge in [0.1, 0.15) is 0 Å². The van der Waals surface area contributed by atoms with Crippen LogP contribution in [0.2, 0.25) is 0 Å². The Bertz CT molecular complexity index is 580.